The van der Waals surface area contributed by atoms with E-state index in [4.69, 9.17) is 10.00 Å². The highest BCUT2D eigenvalue weighted by atomic mass is 16.5. The van der Waals surface area contributed by atoms with Crippen molar-refractivity contribution in [1.29, 1.82) is 5.26 Å². The highest BCUT2D eigenvalue weighted by Gasteiger charge is 2.21. The van der Waals surface area contributed by atoms with Crippen LogP contribution in [-0.2, 0) is 9.53 Å². The maximum absolute atomic E-state index is 11.5. The van der Waals surface area contributed by atoms with Gasteiger partial charge in [0.1, 0.15) is 11.6 Å². The zero-order chi connectivity index (χ0) is 11.3. The molecular formula is C12H17NO2. The van der Waals surface area contributed by atoms with Crippen molar-refractivity contribution in [2.24, 2.45) is 5.92 Å². The molecule has 1 saturated carbocycles. The van der Waals surface area contributed by atoms with Gasteiger partial charge in [-0.3, -0.25) is 0 Å². The third-order valence-electron chi connectivity index (χ3n) is 2.72. The number of nitrogens with zero attached hydrogens (tertiary/aromatic N) is 1. The molecular weight excluding hydrogens is 190 g/mol. The second kappa shape index (κ2) is 5.55. The zero-order valence-electron chi connectivity index (χ0n) is 9.38. The summed E-state index contributed by atoms with van der Waals surface area (Å²) in [6, 6.07) is 1.98. The molecule has 3 heteroatoms. The fourth-order valence-corrected chi connectivity index (χ4v) is 1.99. The van der Waals surface area contributed by atoms with Crippen LogP contribution in [-0.4, -0.2) is 12.6 Å². The molecule has 1 aliphatic rings. The molecule has 0 aromatic carbocycles. The summed E-state index contributed by atoms with van der Waals surface area (Å²) in [5, 5.41) is 8.95. The molecule has 0 N–H and O–H groups in total. The molecule has 82 valence electrons. The molecule has 0 spiro atoms. The van der Waals surface area contributed by atoms with E-state index in [1.54, 1.807) is 6.92 Å². The molecule has 3 nitrogen and oxygen atoms in total. The van der Waals surface area contributed by atoms with Gasteiger partial charge in [-0.2, -0.15) is 5.26 Å². The molecule has 0 aromatic heterocycles. The van der Waals surface area contributed by atoms with Gasteiger partial charge in [0.05, 0.1) is 6.61 Å². The number of carbonyl (C=O) groups is 1. The first kappa shape index (κ1) is 11.8. The molecule has 15 heavy (non-hydrogen) atoms. The number of hydrogen-bond donors (Lipinski definition) is 0. The van der Waals surface area contributed by atoms with Crippen molar-refractivity contribution in [3.05, 3.63) is 11.1 Å². The van der Waals surface area contributed by atoms with Crippen LogP contribution in [0.3, 0.4) is 0 Å². The molecule has 1 rings (SSSR count). The van der Waals surface area contributed by atoms with Crippen molar-refractivity contribution in [1.82, 2.24) is 0 Å². The van der Waals surface area contributed by atoms with Crippen LogP contribution in [0.4, 0.5) is 0 Å². The van der Waals surface area contributed by atoms with Gasteiger partial charge in [-0.05, 0) is 37.7 Å². The minimum Gasteiger partial charge on any atom is -0.462 e. The Balaban J connectivity index is 2.83. The fraction of sp³-hybridized carbons (Fsp3) is 0.667. The van der Waals surface area contributed by atoms with E-state index in [0.717, 1.165) is 24.8 Å². The van der Waals surface area contributed by atoms with Crippen molar-refractivity contribution in [2.45, 2.75) is 39.5 Å². The lowest BCUT2D eigenvalue weighted by atomic mass is 9.84. The molecule has 0 aliphatic heterocycles. The van der Waals surface area contributed by atoms with Gasteiger partial charge in [0.15, 0.2) is 0 Å². The van der Waals surface area contributed by atoms with Crippen LogP contribution < -0.4 is 0 Å². The number of ether oxygens (including phenoxy) is 1. The van der Waals surface area contributed by atoms with E-state index in [0.29, 0.717) is 12.5 Å². The number of hydrogen-bond acceptors (Lipinski definition) is 3. The highest BCUT2D eigenvalue weighted by molar-refractivity contribution is 5.93. The Labute approximate surface area is 90.7 Å². The lowest BCUT2D eigenvalue weighted by Crippen LogP contribution is -2.13. The second-order valence-electron chi connectivity index (χ2n) is 4.01. The molecule has 0 aromatic rings. The first-order valence-electron chi connectivity index (χ1n) is 5.48. The molecule has 0 unspecified atom stereocenters. The van der Waals surface area contributed by atoms with Crippen LogP contribution in [0.25, 0.3) is 0 Å². The Morgan fingerprint density at radius 1 is 1.67 bits per heavy atom. The summed E-state index contributed by atoms with van der Waals surface area (Å²) in [7, 11) is 0. The Kier molecular flexibility index (Phi) is 4.36. The van der Waals surface area contributed by atoms with E-state index in [2.05, 4.69) is 6.92 Å². The van der Waals surface area contributed by atoms with Crippen LogP contribution in [0.2, 0.25) is 0 Å². The molecule has 0 saturated heterocycles. The van der Waals surface area contributed by atoms with Crippen LogP contribution >= 0.6 is 0 Å². The quantitative estimate of drug-likeness (QED) is 0.397. The van der Waals surface area contributed by atoms with Gasteiger partial charge in [-0.15, -0.1) is 0 Å². The molecule has 0 heterocycles. The normalized spacial score (nSPS) is 24.2. The first-order valence-corrected chi connectivity index (χ1v) is 5.48. The minimum absolute atomic E-state index is 0.239. The fourth-order valence-electron chi connectivity index (χ4n) is 1.99. The van der Waals surface area contributed by atoms with Gasteiger partial charge < -0.3 is 4.74 Å². The SMILES string of the molecule is CCOC(=O)C(C#N)=C1CCC[C@@H](C)C1. The summed E-state index contributed by atoms with van der Waals surface area (Å²) in [6.45, 7) is 4.23. The van der Waals surface area contributed by atoms with E-state index in [9.17, 15) is 4.79 Å². The summed E-state index contributed by atoms with van der Waals surface area (Å²) < 4.78 is 4.86. The van der Waals surface area contributed by atoms with Gasteiger partial charge in [-0.25, -0.2) is 4.79 Å². The van der Waals surface area contributed by atoms with E-state index >= 15 is 0 Å². The van der Waals surface area contributed by atoms with Gasteiger partial charge in [0.25, 0.3) is 0 Å². The molecule has 1 aliphatic carbocycles. The van der Waals surface area contributed by atoms with Gasteiger partial charge in [0, 0.05) is 0 Å². The van der Waals surface area contributed by atoms with E-state index < -0.39 is 5.97 Å². The lowest BCUT2D eigenvalue weighted by Gasteiger charge is -2.21. The largest absolute Gasteiger partial charge is 0.462 e. The van der Waals surface area contributed by atoms with Gasteiger partial charge in [0.2, 0.25) is 0 Å². The average Bonchev–Trinajstić information content (AvgIpc) is 2.19. The highest BCUT2D eigenvalue weighted by Crippen LogP contribution is 2.30. The predicted octanol–water partition coefficient (Wildman–Crippen LogP) is 2.58. The number of esters is 1. The third kappa shape index (κ3) is 3.09. The summed E-state index contributed by atoms with van der Waals surface area (Å²) in [5.41, 5.74) is 1.22. The van der Waals surface area contributed by atoms with Crippen molar-refractivity contribution in [3.8, 4) is 6.07 Å². The molecule has 1 atom stereocenters. The Morgan fingerprint density at radius 2 is 2.40 bits per heavy atom. The second-order valence-corrected chi connectivity index (χ2v) is 4.01. The van der Waals surface area contributed by atoms with Crippen LogP contribution in [0.15, 0.2) is 11.1 Å². The minimum atomic E-state index is -0.455. The number of nitriles is 1. The van der Waals surface area contributed by atoms with E-state index in [1.165, 1.54) is 6.42 Å². The monoisotopic (exact) mass is 207 g/mol. The van der Waals surface area contributed by atoms with E-state index in [-0.39, 0.29) is 5.57 Å². The smallest absolute Gasteiger partial charge is 0.348 e. The maximum Gasteiger partial charge on any atom is 0.348 e. The van der Waals surface area contributed by atoms with Crippen molar-refractivity contribution < 1.29 is 9.53 Å². The summed E-state index contributed by atoms with van der Waals surface area (Å²) in [6.07, 6.45) is 3.99. The summed E-state index contributed by atoms with van der Waals surface area (Å²) in [4.78, 5) is 11.5. The molecule has 0 bridgehead atoms. The summed E-state index contributed by atoms with van der Waals surface area (Å²) >= 11 is 0. The van der Waals surface area contributed by atoms with Gasteiger partial charge >= 0.3 is 5.97 Å². The maximum atomic E-state index is 11.5. The summed E-state index contributed by atoms with van der Waals surface area (Å²) in [5.74, 6) is 0.121. The number of rotatable bonds is 2. The number of allylic oxidation sites excluding steroid dienone is 1. The van der Waals surface area contributed by atoms with Crippen LogP contribution in [0.1, 0.15) is 39.5 Å². The molecule has 1 fully saturated rings. The molecule has 0 amide bonds. The average molecular weight is 207 g/mol. The van der Waals surface area contributed by atoms with Gasteiger partial charge in [-0.1, -0.05) is 13.3 Å². The Morgan fingerprint density at radius 3 is 2.93 bits per heavy atom. The van der Waals surface area contributed by atoms with Crippen LogP contribution in [0.5, 0.6) is 0 Å². The van der Waals surface area contributed by atoms with Crippen LogP contribution in [0, 0.1) is 17.2 Å². The Bertz CT molecular complexity index is 312. The first-order chi connectivity index (χ1) is 7.19. The number of carbonyl (C=O) groups excluding carboxylic acids is 1. The lowest BCUT2D eigenvalue weighted by molar-refractivity contribution is -0.138. The Hall–Kier alpha value is -1.30. The predicted molar refractivity (Wildman–Crippen MR) is 56.9 cm³/mol. The van der Waals surface area contributed by atoms with Crippen molar-refractivity contribution >= 4 is 5.97 Å². The van der Waals surface area contributed by atoms with E-state index in [1.807, 2.05) is 6.07 Å². The third-order valence-corrected chi connectivity index (χ3v) is 2.72. The molecule has 0 radical (unpaired) electrons. The topological polar surface area (TPSA) is 50.1 Å². The van der Waals surface area contributed by atoms with Crippen molar-refractivity contribution in [3.63, 3.8) is 0 Å². The zero-order valence-corrected chi connectivity index (χ0v) is 9.38. The standard InChI is InChI=1S/C12H17NO2/c1-3-15-12(14)11(8-13)10-6-4-5-9(2)7-10/h9H,3-7H2,1-2H3/t9-/m1/s1. The van der Waals surface area contributed by atoms with Crippen molar-refractivity contribution in [2.75, 3.05) is 6.61 Å².